The summed E-state index contributed by atoms with van der Waals surface area (Å²) in [6.07, 6.45) is 0. The smallest absolute Gasteiger partial charge is 0.0125 e. The second-order valence-electron chi connectivity index (χ2n) is 0. The summed E-state index contributed by atoms with van der Waals surface area (Å²) >= 11 is 1.17. The molecule has 0 aliphatic carbocycles. The van der Waals surface area contributed by atoms with Gasteiger partial charge in [0.1, 0.15) is 0 Å². The van der Waals surface area contributed by atoms with Gasteiger partial charge in [0, 0.05) is 0 Å². The SMILES string of the molecule is [H-].[Li+].[O]=[Al].[SiH3]. The quantitative estimate of drug-likeness (QED) is 0.269. The van der Waals surface area contributed by atoms with Crippen LogP contribution in [0.5, 0.6) is 0 Å². The van der Waals surface area contributed by atoms with Crippen LogP contribution in [0.4, 0.5) is 0 Å². The molecule has 0 aliphatic heterocycles. The van der Waals surface area contributed by atoms with Gasteiger partial charge in [0.15, 0.2) is 0 Å². The molecular formula is H4AlLiOSi. The molecular weight excluding hydrogens is 78.0 g/mol. The molecule has 0 aromatic carbocycles. The first-order chi connectivity index (χ1) is 1.00. The van der Waals surface area contributed by atoms with Crippen molar-refractivity contribution in [2.45, 2.75) is 0 Å². The van der Waals surface area contributed by atoms with E-state index in [1.54, 1.807) is 0 Å². The second kappa shape index (κ2) is 31.2. The Balaban J connectivity index is -0.00000000167. The van der Waals surface area contributed by atoms with E-state index in [0.717, 1.165) is 0 Å². The fourth-order valence-corrected chi connectivity index (χ4v) is 0. The molecule has 18 valence electrons. The van der Waals surface area contributed by atoms with Crippen molar-refractivity contribution in [1.82, 2.24) is 0 Å². The topological polar surface area (TPSA) is 17.1 Å². The van der Waals surface area contributed by atoms with Gasteiger partial charge in [-0.2, -0.15) is 0 Å². The Morgan fingerprint density at radius 1 is 1.50 bits per heavy atom. The van der Waals surface area contributed by atoms with Crippen molar-refractivity contribution >= 4 is 27.2 Å². The van der Waals surface area contributed by atoms with Crippen LogP contribution in [0.25, 0.3) is 0 Å². The minimum absolute atomic E-state index is 0. The van der Waals surface area contributed by atoms with E-state index < -0.39 is 0 Å². The predicted octanol–water partition coefficient (Wildman–Crippen LogP) is -4.57. The van der Waals surface area contributed by atoms with Gasteiger partial charge in [-0.25, -0.2) is 0 Å². The standard InChI is InChI=1S/Al.Li.O.H3Si.H/h;;;1H3;/q;+1;;;-1. The zero-order valence-corrected chi connectivity index (χ0v) is 6.14. The van der Waals surface area contributed by atoms with Crippen molar-refractivity contribution in [1.29, 1.82) is 0 Å². The van der Waals surface area contributed by atoms with Crippen LogP contribution in [0.3, 0.4) is 0 Å². The average molecular weight is 82.0 g/mol. The predicted molar refractivity (Wildman–Crippen MR) is 17.5 cm³/mol. The summed E-state index contributed by atoms with van der Waals surface area (Å²) in [5.41, 5.74) is 0. The Labute approximate surface area is 51.5 Å². The summed E-state index contributed by atoms with van der Waals surface area (Å²) in [4.78, 5) is 0. The molecule has 0 aromatic rings. The Morgan fingerprint density at radius 2 is 1.50 bits per heavy atom. The van der Waals surface area contributed by atoms with Gasteiger partial charge in [-0.15, -0.1) is 0 Å². The van der Waals surface area contributed by atoms with Crippen LogP contribution in [0.1, 0.15) is 1.43 Å². The van der Waals surface area contributed by atoms with Crippen molar-refractivity contribution in [3.63, 3.8) is 0 Å². The first-order valence-corrected chi connectivity index (χ1v) is 0.707. The Bertz CT molecular complexity index is 11.6. The summed E-state index contributed by atoms with van der Waals surface area (Å²) in [5.74, 6) is 0. The first-order valence-electron chi connectivity index (χ1n) is 0.236. The zero-order chi connectivity index (χ0) is 2.00. The molecule has 0 rings (SSSR count). The molecule has 0 N–H and O–H groups in total. The third-order valence-corrected chi connectivity index (χ3v) is 0. The van der Waals surface area contributed by atoms with E-state index in [-0.39, 0.29) is 31.3 Å². The van der Waals surface area contributed by atoms with Gasteiger partial charge in [-0.1, -0.05) is 0 Å². The molecule has 4 heavy (non-hydrogen) atoms. The molecule has 2 radical (unpaired) electrons. The third-order valence-electron chi connectivity index (χ3n) is 0. The maximum Gasteiger partial charge on any atom is -0.0125 e. The number of rotatable bonds is 0. The first kappa shape index (κ1) is 19.2. The molecule has 0 heterocycles. The van der Waals surface area contributed by atoms with E-state index in [1.807, 2.05) is 0 Å². The minimum atomic E-state index is 0. The van der Waals surface area contributed by atoms with Crippen LogP contribution in [0.15, 0.2) is 0 Å². The van der Waals surface area contributed by atoms with Gasteiger partial charge in [-0.05, 0) is 11.0 Å². The van der Waals surface area contributed by atoms with Gasteiger partial charge in [0.2, 0.25) is 0 Å². The van der Waals surface area contributed by atoms with Crippen LogP contribution in [0, 0.1) is 0 Å². The van der Waals surface area contributed by atoms with Crippen molar-refractivity contribution in [2.75, 3.05) is 0 Å². The summed E-state index contributed by atoms with van der Waals surface area (Å²) in [6.45, 7) is 0. The van der Waals surface area contributed by atoms with Crippen LogP contribution in [-0.4, -0.2) is 27.2 Å². The summed E-state index contributed by atoms with van der Waals surface area (Å²) in [6, 6.07) is 0. The molecule has 4 heteroatoms. The van der Waals surface area contributed by atoms with E-state index in [1.165, 1.54) is 16.2 Å². The van der Waals surface area contributed by atoms with E-state index in [2.05, 4.69) is 0 Å². The second-order valence-corrected chi connectivity index (χ2v) is 0. The normalized spacial score (nSPS) is 0.750. The molecule has 0 amide bonds. The molecule has 0 spiro atoms. The fraction of sp³-hybridized carbons (Fsp3) is 0. The van der Waals surface area contributed by atoms with Gasteiger partial charge in [0.05, 0.1) is 0 Å². The molecule has 0 bridgehead atoms. The monoisotopic (exact) mass is 82.0 g/mol. The van der Waals surface area contributed by atoms with Crippen LogP contribution in [-0.2, 0) is 3.80 Å². The third kappa shape index (κ3) is 11.0. The summed E-state index contributed by atoms with van der Waals surface area (Å²) < 4.78 is 8.17. The Kier molecular flexibility index (Phi) is 150. The molecule has 0 aliphatic rings. The Morgan fingerprint density at radius 3 is 1.50 bits per heavy atom. The zero-order valence-electron chi connectivity index (χ0n) is 3.99. The largest absolute Gasteiger partial charge is 0.0125 e. The van der Waals surface area contributed by atoms with E-state index in [9.17, 15) is 0 Å². The maximum absolute atomic E-state index is 8.17. The van der Waals surface area contributed by atoms with Crippen LogP contribution >= 0.6 is 0 Å². The van der Waals surface area contributed by atoms with Crippen molar-refractivity contribution < 1.29 is 24.1 Å². The molecule has 1 nitrogen and oxygen atoms in total. The number of hydrogen-bond acceptors (Lipinski definition) is 1. The van der Waals surface area contributed by atoms with E-state index in [0.29, 0.717) is 0 Å². The summed E-state index contributed by atoms with van der Waals surface area (Å²) in [5, 5.41) is 0. The Hall–Kier alpha value is 1.15. The van der Waals surface area contributed by atoms with E-state index in [4.69, 9.17) is 3.80 Å². The van der Waals surface area contributed by atoms with E-state index >= 15 is 0 Å². The molecule has 0 unspecified atom stereocenters. The van der Waals surface area contributed by atoms with Crippen molar-refractivity contribution in [3.8, 4) is 0 Å². The average Bonchev–Trinajstić information content (AvgIpc) is 1.00. The molecule has 0 atom stereocenters. The van der Waals surface area contributed by atoms with Crippen molar-refractivity contribution in [2.24, 2.45) is 0 Å². The molecule has 0 aromatic heterocycles. The minimum Gasteiger partial charge on any atom is -0.0125 e. The maximum atomic E-state index is 8.17. The number of hydrogen-bond donors (Lipinski definition) is 0. The molecule has 0 saturated carbocycles. The van der Waals surface area contributed by atoms with Crippen LogP contribution in [0.2, 0.25) is 0 Å². The van der Waals surface area contributed by atoms with Crippen molar-refractivity contribution in [3.05, 3.63) is 0 Å². The summed E-state index contributed by atoms with van der Waals surface area (Å²) in [7, 11) is 0. The van der Waals surface area contributed by atoms with Gasteiger partial charge in [-0.3, -0.25) is 0 Å². The fourth-order valence-electron chi connectivity index (χ4n) is 0. The molecule has 0 fully saturated rings. The van der Waals surface area contributed by atoms with Gasteiger partial charge < -0.3 is 1.43 Å². The van der Waals surface area contributed by atoms with Gasteiger partial charge >= 0.3 is 38.9 Å². The van der Waals surface area contributed by atoms with Gasteiger partial charge in [0.25, 0.3) is 0 Å². The van der Waals surface area contributed by atoms with Crippen LogP contribution < -0.4 is 18.9 Å². The molecule has 0 saturated heterocycles.